The number of benzene rings is 1. The molecule has 2 amide bonds. The maximum atomic E-state index is 14.9. The molecule has 1 aliphatic heterocycles. The molecule has 0 aliphatic carbocycles. The minimum atomic E-state index is -1.02. The van der Waals surface area contributed by atoms with Crippen LogP contribution in [0.5, 0.6) is 0 Å². The zero-order valence-corrected chi connectivity index (χ0v) is 20.1. The van der Waals surface area contributed by atoms with Crippen LogP contribution in [-0.2, 0) is 19.2 Å². The van der Waals surface area contributed by atoms with Crippen LogP contribution < -0.4 is 16.2 Å². The number of anilines is 2. The number of ether oxygens (including phenoxy) is 1. The molecule has 1 fully saturated rings. The third-order valence-corrected chi connectivity index (χ3v) is 5.84. The number of pyridine rings is 2. The standard InChI is InChI=1S/C24H21ClFN5O6/c1-36-24(35)37-30-12-16(17(13-30)23(34)29-20-8-5-14(25)11-27-20)22(33)28-19-7-6-15(10-18(19)26)31-9-3-2-4-21(31)32/h2-11,16-17H,12-13H2,1H3,(H,28,33)(H,27,29,34)/t16-,17-/m0/s1. The molecule has 37 heavy (non-hydrogen) atoms. The summed E-state index contributed by atoms with van der Waals surface area (Å²) in [6.07, 6.45) is 1.82. The molecule has 2 N–H and O–H groups in total. The lowest BCUT2D eigenvalue weighted by Crippen LogP contribution is -2.36. The zero-order valence-electron chi connectivity index (χ0n) is 19.4. The summed E-state index contributed by atoms with van der Waals surface area (Å²) in [6, 6.07) is 11.4. The van der Waals surface area contributed by atoms with Crippen molar-refractivity contribution < 1.29 is 28.3 Å². The lowest BCUT2D eigenvalue weighted by molar-refractivity contribution is -0.127. The van der Waals surface area contributed by atoms with Crippen LogP contribution in [0, 0.1) is 17.7 Å². The minimum Gasteiger partial charge on any atom is -0.436 e. The first-order valence-electron chi connectivity index (χ1n) is 11.0. The fourth-order valence-corrected chi connectivity index (χ4v) is 3.92. The Labute approximate surface area is 214 Å². The number of nitrogens with zero attached hydrogens (tertiary/aromatic N) is 3. The van der Waals surface area contributed by atoms with Crippen LogP contribution in [0.15, 0.2) is 65.7 Å². The highest BCUT2D eigenvalue weighted by atomic mass is 35.5. The predicted molar refractivity (Wildman–Crippen MR) is 131 cm³/mol. The topological polar surface area (TPSA) is 132 Å². The Bertz CT molecular complexity index is 1380. The molecule has 1 aliphatic rings. The molecule has 3 heterocycles. The number of halogens is 2. The summed E-state index contributed by atoms with van der Waals surface area (Å²) < 4.78 is 20.6. The summed E-state index contributed by atoms with van der Waals surface area (Å²) in [5.74, 6) is -3.82. The van der Waals surface area contributed by atoms with E-state index in [-0.39, 0.29) is 35.8 Å². The number of aromatic nitrogens is 2. The van der Waals surface area contributed by atoms with Gasteiger partial charge < -0.3 is 20.2 Å². The van der Waals surface area contributed by atoms with Crippen molar-refractivity contribution in [3.8, 4) is 5.69 Å². The summed E-state index contributed by atoms with van der Waals surface area (Å²) in [4.78, 5) is 58.7. The number of nitrogens with one attached hydrogen (secondary N) is 2. The van der Waals surface area contributed by atoms with E-state index in [2.05, 4.69) is 20.4 Å². The number of hydroxylamine groups is 2. The van der Waals surface area contributed by atoms with Crippen LogP contribution in [0.4, 0.5) is 20.7 Å². The maximum Gasteiger partial charge on any atom is 0.527 e. The number of hydrogen-bond donors (Lipinski definition) is 2. The van der Waals surface area contributed by atoms with Gasteiger partial charge in [0.05, 0.1) is 35.3 Å². The Morgan fingerprint density at radius 3 is 2.41 bits per heavy atom. The molecule has 0 unspecified atom stereocenters. The number of rotatable bonds is 6. The van der Waals surface area contributed by atoms with Crippen LogP contribution in [0.1, 0.15) is 0 Å². The van der Waals surface area contributed by atoms with E-state index in [4.69, 9.17) is 16.4 Å². The van der Waals surface area contributed by atoms with Crippen LogP contribution in [0.2, 0.25) is 5.02 Å². The number of amides is 2. The Kier molecular flexibility index (Phi) is 7.80. The van der Waals surface area contributed by atoms with Crippen molar-refractivity contribution >= 4 is 41.1 Å². The van der Waals surface area contributed by atoms with Gasteiger partial charge in [-0.1, -0.05) is 17.7 Å². The van der Waals surface area contributed by atoms with Gasteiger partial charge in [-0.05, 0) is 30.3 Å². The quantitative estimate of drug-likeness (QED) is 0.466. The molecule has 1 aromatic carbocycles. The molecule has 0 radical (unpaired) electrons. The first-order valence-corrected chi connectivity index (χ1v) is 11.3. The van der Waals surface area contributed by atoms with E-state index in [1.54, 1.807) is 12.1 Å². The zero-order chi connectivity index (χ0) is 26.5. The van der Waals surface area contributed by atoms with E-state index in [0.717, 1.165) is 18.2 Å². The third kappa shape index (κ3) is 6.11. The number of hydrogen-bond acceptors (Lipinski definition) is 8. The van der Waals surface area contributed by atoms with Gasteiger partial charge in [-0.25, -0.2) is 14.2 Å². The Morgan fingerprint density at radius 1 is 1.05 bits per heavy atom. The molecule has 3 aromatic rings. The highest BCUT2D eigenvalue weighted by Crippen LogP contribution is 2.28. The molecule has 1 saturated heterocycles. The smallest absolute Gasteiger partial charge is 0.436 e. The highest BCUT2D eigenvalue weighted by Gasteiger charge is 2.44. The average molecular weight is 530 g/mol. The molecule has 0 saturated carbocycles. The van der Waals surface area contributed by atoms with E-state index < -0.39 is 35.6 Å². The van der Waals surface area contributed by atoms with E-state index in [1.807, 2.05) is 0 Å². The van der Waals surface area contributed by atoms with Crippen LogP contribution in [-0.4, -0.2) is 52.8 Å². The van der Waals surface area contributed by atoms with Gasteiger partial charge in [0.15, 0.2) is 0 Å². The van der Waals surface area contributed by atoms with Gasteiger partial charge in [0, 0.05) is 37.6 Å². The molecule has 0 bridgehead atoms. The van der Waals surface area contributed by atoms with Crippen molar-refractivity contribution in [2.45, 2.75) is 0 Å². The van der Waals surface area contributed by atoms with E-state index >= 15 is 0 Å². The van der Waals surface area contributed by atoms with E-state index in [0.29, 0.717) is 5.02 Å². The van der Waals surface area contributed by atoms with Gasteiger partial charge in [-0.3, -0.25) is 19.0 Å². The van der Waals surface area contributed by atoms with Crippen molar-refractivity contribution in [2.24, 2.45) is 11.8 Å². The maximum absolute atomic E-state index is 14.9. The van der Waals surface area contributed by atoms with Crippen LogP contribution in [0.25, 0.3) is 5.69 Å². The normalized spacial score (nSPS) is 17.2. The molecule has 192 valence electrons. The second-order valence-electron chi connectivity index (χ2n) is 8.02. The minimum absolute atomic E-state index is 0.120. The van der Waals surface area contributed by atoms with Gasteiger partial charge in [0.2, 0.25) is 11.8 Å². The predicted octanol–water partition coefficient (Wildman–Crippen LogP) is 2.85. The second-order valence-corrected chi connectivity index (χ2v) is 8.45. The first kappa shape index (κ1) is 25.8. The molecule has 2 atom stereocenters. The number of carbonyl (C=O) groups excluding carboxylic acids is 3. The Balaban J connectivity index is 1.52. The van der Waals surface area contributed by atoms with Crippen molar-refractivity contribution in [1.29, 1.82) is 0 Å². The van der Waals surface area contributed by atoms with Gasteiger partial charge in [-0.15, -0.1) is 5.06 Å². The SMILES string of the molecule is COC(=O)ON1C[C@H](C(=O)Nc2ccc(Cl)cn2)[C@@H](C(=O)Nc2ccc(-n3ccccc3=O)cc2F)C1. The highest BCUT2D eigenvalue weighted by molar-refractivity contribution is 6.30. The van der Waals surface area contributed by atoms with Crippen molar-refractivity contribution in [3.05, 3.63) is 82.1 Å². The lowest BCUT2D eigenvalue weighted by atomic mass is 9.94. The molecule has 0 spiro atoms. The summed E-state index contributed by atoms with van der Waals surface area (Å²) >= 11 is 5.82. The summed E-state index contributed by atoms with van der Waals surface area (Å²) in [6.45, 7) is -0.267. The summed E-state index contributed by atoms with van der Waals surface area (Å²) in [7, 11) is 1.12. The molecule has 11 nitrogen and oxygen atoms in total. The van der Waals surface area contributed by atoms with Crippen molar-refractivity contribution in [3.63, 3.8) is 0 Å². The largest absolute Gasteiger partial charge is 0.527 e. The molecular formula is C24H21ClFN5O6. The van der Waals surface area contributed by atoms with Gasteiger partial charge in [0.25, 0.3) is 5.56 Å². The lowest BCUT2D eigenvalue weighted by Gasteiger charge is -2.18. The summed E-state index contributed by atoms with van der Waals surface area (Å²) in [5, 5.41) is 6.57. The molecule has 2 aromatic heterocycles. The van der Waals surface area contributed by atoms with E-state index in [9.17, 15) is 23.6 Å². The second kappa shape index (κ2) is 11.2. The Hall–Kier alpha value is -4.29. The van der Waals surface area contributed by atoms with Gasteiger partial charge in [0.1, 0.15) is 11.6 Å². The number of methoxy groups -OCH3 is 1. The third-order valence-electron chi connectivity index (χ3n) is 5.62. The fraction of sp³-hybridized carbons (Fsp3) is 0.208. The van der Waals surface area contributed by atoms with Gasteiger partial charge >= 0.3 is 6.16 Å². The molecule has 13 heteroatoms. The van der Waals surface area contributed by atoms with E-state index in [1.165, 1.54) is 47.3 Å². The monoisotopic (exact) mass is 529 g/mol. The molecule has 4 rings (SSSR count). The fourth-order valence-electron chi connectivity index (χ4n) is 3.81. The summed E-state index contributed by atoms with van der Waals surface area (Å²) in [5.41, 5.74) is -0.227. The van der Waals surface area contributed by atoms with Gasteiger partial charge in [-0.2, -0.15) is 0 Å². The van der Waals surface area contributed by atoms with Crippen LogP contribution >= 0.6 is 11.6 Å². The van der Waals surface area contributed by atoms with Crippen molar-refractivity contribution in [2.75, 3.05) is 30.8 Å². The number of carbonyl (C=O) groups is 3. The first-order chi connectivity index (χ1) is 17.7. The Morgan fingerprint density at radius 2 is 1.78 bits per heavy atom. The van der Waals surface area contributed by atoms with Crippen molar-refractivity contribution in [1.82, 2.24) is 14.6 Å². The molecular weight excluding hydrogens is 509 g/mol. The van der Waals surface area contributed by atoms with Crippen LogP contribution in [0.3, 0.4) is 0 Å². The average Bonchev–Trinajstić information content (AvgIpc) is 3.31.